The van der Waals surface area contributed by atoms with E-state index in [1.165, 1.54) is 18.5 Å². The van der Waals surface area contributed by atoms with Crippen LogP contribution in [0.2, 0.25) is 0 Å². The molecule has 2 unspecified atom stereocenters. The third-order valence-electron chi connectivity index (χ3n) is 4.84. The van der Waals surface area contributed by atoms with Gasteiger partial charge in [-0.1, -0.05) is 41.5 Å². The Morgan fingerprint density at radius 3 is 2.18 bits per heavy atom. The average Bonchev–Trinajstić information content (AvgIpc) is 2.82. The molecular formula is C20H28N4O4. The molecule has 0 radical (unpaired) electrons. The molecule has 1 aliphatic rings. The summed E-state index contributed by atoms with van der Waals surface area (Å²) >= 11 is 0. The van der Waals surface area contributed by atoms with Crippen LogP contribution in [0.15, 0.2) is 18.5 Å². The number of urea groups is 1. The molecule has 1 aromatic rings. The van der Waals surface area contributed by atoms with Crippen molar-refractivity contribution in [1.82, 2.24) is 20.5 Å². The van der Waals surface area contributed by atoms with Crippen molar-refractivity contribution in [2.45, 2.75) is 53.6 Å². The van der Waals surface area contributed by atoms with Gasteiger partial charge in [0.2, 0.25) is 0 Å². The van der Waals surface area contributed by atoms with Crippen molar-refractivity contribution in [2.24, 2.45) is 10.8 Å². The normalized spacial score (nSPS) is 16.4. The molecule has 0 saturated heterocycles. The molecule has 8 heteroatoms. The summed E-state index contributed by atoms with van der Waals surface area (Å²) in [5.41, 5.74) is -0.306. The van der Waals surface area contributed by atoms with E-state index in [1.54, 1.807) is 0 Å². The largest absolute Gasteiger partial charge is 0.333 e. The Hall–Kier alpha value is -2.77. The second kappa shape index (κ2) is 7.69. The van der Waals surface area contributed by atoms with Gasteiger partial charge in [0.15, 0.2) is 0 Å². The number of nitrogens with one attached hydrogen (secondary N) is 2. The highest BCUT2D eigenvalue weighted by atomic mass is 16.2. The standard InChI is InChI=1S/C20H28N4O4/c1-19(2,3)14(22-18(28)23-15(11-25)20(4,5)6)10-24-16(26)12-7-8-21-9-13(12)17(24)27/h7-9,11,14-15H,10H2,1-6H3,(H2,22,23,28). The summed E-state index contributed by atoms with van der Waals surface area (Å²) < 4.78 is 0. The lowest BCUT2D eigenvalue weighted by Gasteiger charge is -2.35. The van der Waals surface area contributed by atoms with E-state index in [2.05, 4.69) is 15.6 Å². The molecule has 2 atom stereocenters. The smallest absolute Gasteiger partial charge is 0.315 e. The Morgan fingerprint density at radius 2 is 1.68 bits per heavy atom. The third-order valence-corrected chi connectivity index (χ3v) is 4.84. The van der Waals surface area contributed by atoms with E-state index in [9.17, 15) is 19.2 Å². The molecule has 8 nitrogen and oxygen atoms in total. The second-order valence-corrected chi connectivity index (χ2v) is 9.16. The lowest BCUT2D eigenvalue weighted by atomic mass is 9.86. The minimum atomic E-state index is -0.668. The number of imide groups is 1. The van der Waals surface area contributed by atoms with Crippen LogP contribution >= 0.6 is 0 Å². The Bertz CT molecular complexity index is 757. The van der Waals surface area contributed by atoms with Crippen LogP contribution in [0, 0.1) is 10.8 Å². The minimum absolute atomic E-state index is 0.0184. The Kier molecular flexibility index (Phi) is 5.91. The number of amides is 4. The first-order chi connectivity index (χ1) is 12.9. The highest BCUT2D eigenvalue weighted by Gasteiger charge is 2.39. The van der Waals surface area contributed by atoms with Crippen LogP contribution < -0.4 is 10.6 Å². The number of hydrogen-bond acceptors (Lipinski definition) is 5. The molecule has 0 fully saturated rings. The Morgan fingerprint density at radius 1 is 1.07 bits per heavy atom. The van der Waals surface area contributed by atoms with E-state index in [1.807, 2.05) is 41.5 Å². The van der Waals surface area contributed by atoms with E-state index >= 15 is 0 Å². The van der Waals surface area contributed by atoms with Crippen molar-refractivity contribution >= 4 is 24.1 Å². The van der Waals surface area contributed by atoms with Gasteiger partial charge < -0.3 is 15.4 Å². The van der Waals surface area contributed by atoms with Gasteiger partial charge in [0.05, 0.1) is 29.8 Å². The van der Waals surface area contributed by atoms with Crippen molar-refractivity contribution in [2.75, 3.05) is 6.54 Å². The molecule has 0 spiro atoms. The molecule has 2 rings (SSSR count). The topological polar surface area (TPSA) is 108 Å². The maximum absolute atomic E-state index is 12.6. The van der Waals surface area contributed by atoms with Crippen molar-refractivity contribution in [3.05, 3.63) is 29.6 Å². The van der Waals surface area contributed by atoms with Crippen molar-refractivity contribution in [1.29, 1.82) is 0 Å². The van der Waals surface area contributed by atoms with E-state index in [0.717, 1.165) is 4.90 Å². The number of pyridine rings is 1. The van der Waals surface area contributed by atoms with Gasteiger partial charge in [0.1, 0.15) is 6.29 Å². The number of fused-ring (bicyclic) bond motifs is 1. The number of carbonyl (C=O) groups excluding carboxylic acids is 4. The van der Waals surface area contributed by atoms with Gasteiger partial charge >= 0.3 is 6.03 Å². The number of aromatic nitrogens is 1. The van der Waals surface area contributed by atoms with Crippen LogP contribution in [-0.4, -0.2) is 52.6 Å². The van der Waals surface area contributed by atoms with Crippen LogP contribution in [0.3, 0.4) is 0 Å². The van der Waals surface area contributed by atoms with Crippen LogP contribution in [0.25, 0.3) is 0 Å². The summed E-state index contributed by atoms with van der Waals surface area (Å²) in [4.78, 5) is 54.1. The lowest BCUT2D eigenvalue weighted by molar-refractivity contribution is -0.111. The molecule has 1 aliphatic heterocycles. The Labute approximate surface area is 165 Å². The van der Waals surface area contributed by atoms with Crippen LogP contribution in [0.4, 0.5) is 4.79 Å². The predicted octanol–water partition coefficient (Wildman–Crippen LogP) is 2.01. The molecule has 0 aliphatic carbocycles. The molecule has 1 aromatic heterocycles. The highest BCUT2D eigenvalue weighted by Crippen LogP contribution is 2.26. The maximum Gasteiger partial charge on any atom is 0.315 e. The Balaban J connectivity index is 2.16. The van der Waals surface area contributed by atoms with Gasteiger partial charge in [-0.3, -0.25) is 19.5 Å². The highest BCUT2D eigenvalue weighted by molar-refractivity contribution is 6.21. The van der Waals surface area contributed by atoms with Gasteiger partial charge in [0.25, 0.3) is 11.8 Å². The van der Waals surface area contributed by atoms with E-state index in [-0.39, 0.29) is 12.1 Å². The molecule has 0 saturated carbocycles. The van der Waals surface area contributed by atoms with Gasteiger partial charge in [-0.2, -0.15) is 0 Å². The first kappa shape index (κ1) is 21.5. The minimum Gasteiger partial charge on any atom is -0.333 e. The zero-order chi connectivity index (χ0) is 21.3. The number of hydrogen-bond donors (Lipinski definition) is 2. The summed E-state index contributed by atoms with van der Waals surface area (Å²) in [5, 5.41) is 5.48. The molecule has 4 amide bonds. The molecule has 2 N–H and O–H groups in total. The van der Waals surface area contributed by atoms with Gasteiger partial charge in [-0.05, 0) is 16.9 Å². The van der Waals surface area contributed by atoms with Crippen molar-refractivity contribution < 1.29 is 19.2 Å². The molecule has 0 aromatic carbocycles. The molecular weight excluding hydrogens is 360 g/mol. The van der Waals surface area contributed by atoms with Crippen molar-refractivity contribution in [3.63, 3.8) is 0 Å². The summed E-state index contributed by atoms with van der Waals surface area (Å²) in [6.07, 6.45) is 3.54. The number of nitrogens with zero attached hydrogens (tertiary/aromatic N) is 2. The van der Waals surface area contributed by atoms with Gasteiger partial charge in [-0.15, -0.1) is 0 Å². The SMILES string of the molecule is CC(C)(C)C(C=O)NC(=O)NC(CN1C(=O)c2ccncc2C1=O)C(C)(C)C. The molecule has 152 valence electrons. The monoisotopic (exact) mass is 388 g/mol. The fourth-order valence-corrected chi connectivity index (χ4v) is 2.81. The quantitative estimate of drug-likeness (QED) is 0.592. The second-order valence-electron chi connectivity index (χ2n) is 9.16. The average molecular weight is 388 g/mol. The van der Waals surface area contributed by atoms with Crippen molar-refractivity contribution in [3.8, 4) is 0 Å². The number of carbonyl (C=O) groups is 4. The van der Waals surface area contributed by atoms with Crippen LogP contribution in [0.5, 0.6) is 0 Å². The summed E-state index contributed by atoms with van der Waals surface area (Å²) in [5.74, 6) is -0.829. The fourth-order valence-electron chi connectivity index (χ4n) is 2.81. The number of rotatable bonds is 5. The zero-order valence-corrected chi connectivity index (χ0v) is 17.2. The number of aldehydes is 1. The van der Waals surface area contributed by atoms with Crippen LogP contribution in [-0.2, 0) is 4.79 Å². The lowest BCUT2D eigenvalue weighted by Crippen LogP contribution is -2.57. The summed E-state index contributed by atoms with van der Waals surface area (Å²) in [6, 6.07) is -0.196. The molecule has 2 heterocycles. The van der Waals surface area contributed by atoms with Crippen LogP contribution in [0.1, 0.15) is 62.3 Å². The maximum atomic E-state index is 12.6. The van der Waals surface area contributed by atoms with Gasteiger partial charge in [-0.25, -0.2) is 4.79 Å². The predicted molar refractivity (Wildman–Crippen MR) is 104 cm³/mol. The fraction of sp³-hybridized carbons (Fsp3) is 0.550. The first-order valence-electron chi connectivity index (χ1n) is 9.18. The first-order valence-corrected chi connectivity index (χ1v) is 9.18. The summed E-state index contributed by atoms with van der Waals surface area (Å²) in [7, 11) is 0. The van der Waals surface area contributed by atoms with E-state index < -0.39 is 40.8 Å². The zero-order valence-electron chi connectivity index (χ0n) is 17.2. The molecule has 28 heavy (non-hydrogen) atoms. The summed E-state index contributed by atoms with van der Waals surface area (Å²) in [6.45, 7) is 11.3. The van der Waals surface area contributed by atoms with E-state index in [0.29, 0.717) is 11.8 Å². The molecule has 0 bridgehead atoms. The van der Waals surface area contributed by atoms with E-state index in [4.69, 9.17) is 0 Å². The van der Waals surface area contributed by atoms with Gasteiger partial charge in [0, 0.05) is 12.4 Å². The third kappa shape index (κ3) is 4.55.